The molecule has 2 fully saturated rings. The molecule has 1 saturated heterocycles. The maximum Gasteiger partial charge on any atom is 0.573 e. The summed E-state index contributed by atoms with van der Waals surface area (Å²) in [5, 5.41) is 38.2. The van der Waals surface area contributed by atoms with Crippen LogP contribution in [0.1, 0.15) is 25.0 Å². The molecule has 0 unspecified atom stereocenters. The number of aliphatic hydroxyl groups is 3. The minimum Gasteiger partial charge on any atom is -0.406 e. The molecule has 0 radical (unpaired) electrons. The Balaban J connectivity index is 1.15. The van der Waals surface area contributed by atoms with E-state index in [1.807, 2.05) is 13.0 Å². The topological polar surface area (TPSA) is 149 Å². The van der Waals surface area contributed by atoms with Crippen molar-refractivity contribution in [2.24, 2.45) is 11.8 Å². The van der Waals surface area contributed by atoms with Crippen molar-refractivity contribution >= 4 is 39.0 Å². The largest absolute Gasteiger partial charge is 0.573 e. The summed E-state index contributed by atoms with van der Waals surface area (Å²) in [5.74, 6) is 0.512. The first-order valence-corrected chi connectivity index (χ1v) is 15.6. The second-order valence-electron chi connectivity index (χ2n) is 11.5. The summed E-state index contributed by atoms with van der Waals surface area (Å²) in [6, 6.07) is 7.28. The van der Waals surface area contributed by atoms with Gasteiger partial charge in [0.25, 0.3) is 0 Å². The van der Waals surface area contributed by atoms with Gasteiger partial charge in [-0.25, -0.2) is 9.97 Å². The quantitative estimate of drug-likeness (QED) is 0.178. The third kappa shape index (κ3) is 7.06. The predicted octanol–water partition coefficient (Wildman–Crippen LogP) is 4.20. The number of aromatic nitrogens is 4. The third-order valence-electron chi connectivity index (χ3n) is 8.45. The Morgan fingerprint density at radius 3 is 2.47 bits per heavy atom. The van der Waals surface area contributed by atoms with Gasteiger partial charge < -0.3 is 35.6 Å². The minimum atomic E-state index is -4.72. The van der Waals surface area contributed by atoms with E-state index < -0.39 is 30.5 Å². The van der Waals surface area contributed by atoms with Crippen LogP contribution in [-0.2, 0) is 0 Å². The van der Waals surface area contributed by atoms with E-state index in [1.165, 1.54) is 23.5 Å². The lowest BCUT2D eigenvalue weighted by Gasteiger charge is -2.33. The van der Waals surface area contributed by atoms with Crippen LogP contribution in [0.4, 0.5) is 30.6 Å². The van der Waals surface area contributed by atoms with Crippen LogP contribution in [0.15, 0.2) is 42.7 Å². The lowest BCUT2D eigenvalue weighted by Crippen LogP contribution is -2.36. The number of piperidine rings is 1. The molecule has 4 atom stereocenters. The van der Waals surface area contributed by atoms with Crippen molar-refractivity contribution in [3.05, 3.63) is 48.4 Å². The first-order valence-electron chi connectivity index (χ1n) is 14.8. The zero-order chi connectivity index (χ0) is 31.7. The Morgan fingerprint density at radius 1 is 1.04 bits per heavy atom. The Bertz CT molecular complexity index is 1580. The molecule has 240 valence electrons. The van der Waals surface area contributed by atoms with Crippen LogP contribution < -0.4 is 20.3 Å². The highest BCUT2D eigenvalue weighted by molar-refractivity contribution is 7.21. The Morgan fingerprint density at radius 2 is 1.80 bits per heavy atom. The fraction of sp³-hybridized carbons (Fsp3) is 0.467. The Labute approximate surface area is 261 Å². The molecule has 0 amide bonds. The van der Waals surface area contributed by atoms with Gasteiger partial charge >= 0.3 is 6.36 Å². The van der Waals surface area contributed by atoms with Gasteiger partial charge in [-0.2, -0.15) is 4.98 Å². The molecule has 45 heavy (non-hydrogen) atoms. The fourth-order valence-electron chi connectivity index (χ4n) is 6.01. The number of hydrogen-bond donors (Lipinski definition) is 5. The van der Waals surface area contributed by atoms with Crippen molar-refractivity contribution in [2.75, 3.05) is 41.8 Å². The van der Waals surface area contributed by atoms with E-state index in [0.29, 0.717) is 46.9 Å². The van der Waals surface area contributed by atoms with Gasteiger partial charge in [0.2, 0.25) is 5.95 Å². The van der Waals surface area contributed by atoms with Gasteiger partial charge in [0, 0.05) is 44.0 Å². The molecule has 0 spiro atoms. The standard InChI is InChI=1S/C30H34F3N7O4S/c1-16-24(28-38-22-14-34-9-6-23(22)45-28)27(37-21-12-18(15-41)25(42)26(21)43)39-29(36-16)35-13-17-7-10-40(11-8-17)19-2-4-20(5-3-19)44-30(31,32)33/h2-6,9,14,17-18,21,25-26,41-43H,7-8,10-13,15H2,1H3,(H2,35,36,37,39)/t18-,21-,25-,26+/m1/s1. The number of rotatable bonds is 9. The maximum absolute atomic E-state index is 12.5. The smallest absolute Gasteiger partial charge is 0.406 e. The zero-order valence-electron chi connectivity index (χ0n) is 24.4. The van der Waals surface area contributed by atoms with Gasteiger partial charge in [-0.1, -0.05) is 0 Å². The maximum atomic E-state index is 12.5. The molecule has 1 aliphatic carbocycles. The first kappa shape index (κ1) is 31.2. The van der Waals surface area contributed by atoms with Crippen molar-refractivity contribution in [3.63, 3.8) is 0 Å². The molecule has 1 aromatic carbocycles. The van der Waals surface area contributed by atoms with Crippen LogP contribution in [0, 0.1) is 18.8 Å². The van der Waals surface area contributed by atoms with Crippen LogP contribution in [-0.4, -0.2) is 86.1 Å². The molecule has 1 aliphatic heterocycles. The van der Waals surface area contributed by atoms with Gasteiger partial charge in [-0.15, -0.1) is 24.5 Å². The predicted molar refractivity (Wildman–Crippen MR) is 164 cm³/mol. The molecular formula is C30H34F3N7O4S. The highest BCUT2D eigenvalue weighted by Gasteiger charge is 2.41. The van der Waals surface area contributed by atoms with Gasteiger partial charge in [-0.05, 0) is 62.4 Å². The van der Waals surface area contributed by atoms with Gasteiger partial charge in [0.15, 0.2) is 0 Å². The molecule has 1 saturated carbocycles. The van der Waals surface area contributed by atoms with E-state index in [9.17, 15) is 28.5 Å². The average molecular weight is 646 g/mol. The van der Waals surface area contributed by atoms with E-state index in [-0.39, 0.29) is 12.4 Å². The second kappa shape index (κ2) is 12.9. The number of ether oxygens (including phenoxy) is 1. The molecule has 11 nitrogen and oxygen atoms in total. The number of alkyl halides is 3. The van der Waals surface area contributed by atoms with Gasteiger partial charge in [0.05, 0.1) is 34.3 Å². The van der Waals surface area contributed by atoms with E-state index in [0.717, 1.165) is 41.8 Å². The van der Waals surface area contributed by atoms with Crippen LogP contribution >= 0.6 is 11.3 Å². The number of thiazole rings is 1. The normalized spacial score (nSPS) is 22.6. The van der Waals surface area contributed by atoms with E-state index in [4.69, 9.17) is 15.0 Å². The highest BCUT2D eigenvalue weighted by Crippen LogP contribution is 2.38. The summed E-state index contributed by atoms with van der Waals surface area (Å²) in [4.78, 5) is 20.6. The summed E-state index contributed by atoms with van der Waals surface area (Å²) in [6.07, 6.45) is -1.36. The lowest BCUT2D eigenvalue weighted by atomic mass is 9.96. The second-order valence-corrected chi connectivity index (χ2v) is 12.5. The van der Waals surface area contributed by atoms with Gasteiger partial charge in [0.1, 0.15) is 28.2 Å². The molecule has 0 bridgehead atoms. The molecule has 15 heteroatoms. The van der Waals surface area contributed by atoms with Crippen molar-refractivity contribution in [3.8, 4) is 16.3 Å². The van der Waals surface area contributed by atoms with E-state index in [2.05, 4.69) is 25.3 Å². The number of hydrogen-bond acceptors (Lipinski definition) is 12. The van der Waals surface area contributed by atoms with Crippen molar-refractivity contribution in [1.29, 1.82) is 0 Å². The molecule has 3 aromatic heterocycles. The number of anilines is 3. The monoisotopic (exact) mass is 645 g/mol. The number of benzene rings is 1. The molecule has 6 rings (SSSR count). The fourth-order valence-corrected chi connectivity index (χ4v) is 7.04. The van der Waals surface area contributed by atoms with Crippen LogP contribution in [0.25, 0.3) is 20.8 Å². The average Bonchev–Trinajstić information content (AvgIpc) is 3.56. The molecule has 4 heterocycles. The van der Waals surface area contributed by atoms with Crippen LogP contribution in [0.3, 0.4) is 0 Å². The Hall–Kier alpha value is -3.79. The summed E-state index contributed by atoms with van der Waals surface area (Å²) in [6.45, 7) is 3.75. The molecule has 2 aliphatic rings. The summed E-state index contributed by atoms with van der Waals surface area (Å²) in [7, 11) is 0. The molecular weight excluding hydrogens is 611 g/mol. The van der Waals surface area contributed by atoms with E-state index in [1.54, 1.807) is 24.5 Å². The number of halogens is 3. The number of nitrogens with zero attached hydrogens (tertiary/aromatic N) is 5. The van der Waals surface area contributed by atoms with E-state index >= 15 is 0 Å². The summed E-state index contributed by atoms with van der Waals surface area (Å²) in [5.41, 5.74) is 2.96. The van der Waals surface area contributed by atoms with Crippen molar-refractivity contribution in [2.45, 2.75) is 50.8 Å². The van der Waals surface area contributed by atoms with Crippen LogP contribution in [0.2, 0.25) is 0 Å². The lowest BCUT2D eigenvalue weighted by molar-refractivity contribution is -0.274. The number of fused-ring (bicyclic) bond motifs is 1. The van der Waals surface area contributed by atoms with Crippen molar-refractivity contribution in [1.82, 2.24) is 19.9 Å². The third-order valence-corrected chi connectivity index (χ3v) is 9.50. The first-order chi connectivity index (χ1) is 21.6. The Kier molecular flexibility index (Phi) is 8.95. The van der Waals surface area contributed by atoms with Crippen LogP contribution in [0.5, 0.6) is 5.75 Å². The minimum absolute atomic E-state index is 0.236. The number of nitrogens with one attached hydrogen (secondary N) is 2. The summed E-state index contributed by atoms with van der Waals surface area (Å²) >= 11 is 1.48. The number of pyridine rings is 1. The van der Waals surface area contributed by atoms with Crippen molar-refractivity contribution < 1.29 is 33.2 Å². The summed E-state index contributed by atoms with van der Waals surface area (Å²) < 4.78 is 42.4. The number of aryl methyl sites for hydroxylation is 1. The number of aliphatic hydroxyl groups excluding tert-OH is 3. The SMILES string of the molecule is Cc1nc(NCC2CCN(c3ccc(OC(F)(F)F)cc3)CC2)nc(N[C@@H]2C[C@H](CO)[C@@H](O)[C@H]2O)c1-c1nc2cnccc2s1. The highest BCUT2D eigenvalue weighted by atomic mass is 32.1. The zero-order valence-corrected chi connectivity index (χ0v) is 25.2. The molecule has 5 N–H and O–H groups in total. The van der Waals surface area contributed by atoms with Gasteiger partial charge in [-0.3, -0.25) is 4.98 Å². The molecule has 4 aromatic rings.